The highest BCUT2D eigenvalue weighted by molar-refractivity contribution is 7.89. The van der Waals surface area contributed by atoms with Crippen LogP contribution in [0.5, 0.6) is 0 Å². The molecule has 1 fully saturated rings. The summed E-state index contributed by atoms with van der Waals surface area (Å²) in [6.45, 7) is 2.57. The molecule has 1 N–H and O–H groups in total. The summed E-state index contributed by atoms with van der Waals surface area (Å²) >= 11 is 0. The van der Waals surface area contributed by atoms with Gasteiger partial charge in [0, 0.05) is 19.0 Å². The summed E-state index contributed by atoms with van der Waals surface area (Å²) in [7, 11) is -3.50. The van der Waals surface area contributed by atoms with E-state index >= 15 is 0 Å². The Kier molecular flexibility index (Phi) is 6.15. The van der Waals surface area contributed by atoms with Crippen LogP contribution in [0.4, 0.5) is 0 Å². The SMILES string of the molecule is Cc1ccc(S(=O)(=O)N2CCC(C(=O)Nn3cnnc3)CC2)cc1.Cl. The van der Waals surface area contributed by atoms with Gasteiger partial charge in [-0.3, -0.25) is 10.2 Å². The second kappa shape index (κ2) is 7.94. The number of halogens is 1. The number of rotatable bonds is 4. The summed E-state index contributed by atoms with van der Waals surface area (Å²) in [5.41, 5.74) is 3.68. The minimum absolute atomic E-state index is 0. The number of sulfonamides is 1. The van der Waals surface area contributed by atoms with E-state index in [2.05, 4.69) is 15.6 Å². The normalized spacial score (nSPS) is 16.2. The molecule has 136 valence electrons. The molecule has 1 saturated heterocycles. The number of aromatic nitrogens is 3. The van der Waals surface area contributed by atoms with Crippen LogP contribution >= 0.6 is 12.4 Å². The molecule has 0 spiro atoms. The van der Waals surface area contributed by atoms with Crippen molar-refractivity contribution in [3.8, 4) is 0 Å². The quantitative estimate of drug-likeness (QED) is 0.852. The highest BCUT2D eigenvalue weighted by atomic mass is 35.5. The van der Waals surface area contributed by atoms with E-state index in [-0.39, 0.29) is 24.2 Å². The van der Waals surface area contributed by atoms with Gasteiger partial charge in [0.05, 0.1) is 4.90 Å². The number of carbonyl (C=O) groups excluding carboxylic acids is 1. The van der Waals surface area contributed by atoms with E-state index in [1.165, 1.54) is 21.6 Å². The summed E-state index contributed by atoms with van der Waals surface area (Å²) in [4.78, 5) is 12.5. The number of nitrogens with zero attached hydrogens (tertiary/aromatic N) is 4. The zero-order chi connectivity index (χ0) is 17.2. The third-order valence-corrected chi connectivity index (χ3v) is 6.05. The standard InChI is InChI=1S/C15H19N5O3S.ClH/c1-12-2-4-14(5-3-12)24(22,23)20-8-6-13(7-9-20)15(21)18-19-10-16-17-11-19;/h2-5,10-11,13H,6-9H2,1H3,(H,18,21);1H. The third-order valence-electron chi connectivity index (χ3n) is 4.14. The fourth-order valence-corrected chi connectivity index (χ4v) is 4.16. The van der Waals surface area contributed by atoms with Crippen molar-refractivity contribution in [3.63, 3.8) is 0 Å². The van der Waals surface area contributed by atoms with Crippen molar-refractivity contribution in [3.05, 3.63) is 42.5 Å². The van der Waals surface area contributed by atoms with Gasteiger partial charge in [-0.25, -0.2) is 13.1 Å². The Hall–Kier alpha value is -1.97. The second-order valence-electron chi connectivity index (χ2n) is 5.84. The largest absolute Gasteiger partial charge is 0.273 e. The molecule has 1 amide bonds. The molecule has 0 radical (unpaired) electrons. The number of nitrogens with one attached hydrogen (secondary N) is 1. The average Bonchev–Trinajstić information content (AvgIpc) is 3.08. The summed E-state index contributed by atoms with van der Waals surface area (Å²) in [6.07, 6.45) is 3.77. The molecule has 0 aliphatic carbocycles. The van der Waals surface area contributed by atoms with Crippen molar-refractivity contribution in [2.45, 2.75) is 24.7 Å². The van der Waals surface area contributed by atoms with Crippen molar-refractivity contribution in [2.24, 2.45) is 5.92 Å². The van der Waals surface area contributed by atoms with Crippen molar-refractivity contribution in [1.82, 2.24) is 19.2 Å². The van der Waals surface area contributed by atoms with Crippen LogP contribution in [0.25, 0.3) is 0 Å². The van der Waals surface area contributed by atoms with Crippen LogP contribution in [-0.4, -0.2) is 46.6 Å². The maximum Gasteiger partial charge on any atom is 0.243 e. The number of benzene rings is 1. The maximum atomic E-state index is 12.6. The van der Waals surface area contributed by atoms with Gasteiger partial charge in [0.15, 0.2) is 0 Å². The van der Waals surface area contributed by atoms with Crippen LogP contribution < -0.4 is 5.43 Å². The van der Waals surface area contributed by atoms with Gasteiger partial charge in [-0.1, -0.05) is 17.7 Å². The number of aryl methyl sites for hydroxylation is 1. The van der Waals surface area contributed by atoms with Gasteiger partial charge in [0.25, 0.3) is 0 Å². The Morgan fingerprint density at radius 1 is 1.12 bits per heavy atom. The topological polar surface area (TPSA) is 97.2 Å². The van der Waals surface area contributed by atoms with Crippen molar-refractivity contribution < 1.29 is 13.2 Å². The minimum atomic E-state index is -3.50. The minimum Gasteiger partial charge on any atom is -0.273 e. The van der Waals surface area contributed by atoms with E-state index in [1.54, 1.807) is 24.3 Å². The van der Waals surface area contributed by atoms with E-state index in [0.29, 0.717) is 30.8 Å². The zero-order valence-electron chi connectivity index (χ0n) is 13.7. The van der Waals surface area contributed by atoms with E-state index < -0.39 is 10.0 Å². The van der Waals surface area contributed by atoms with Crippen LogP contribution in [0.15, 0.2) is 41.8 Å². The highest BCUT2D eigenvalue weighted by Crippen LogP contribution is 2.24. The Labute approximate surface area is 152 Å². The molecule has 25 heavy (non-hydrogen) atoms. The molecule has 0 unspecified atom stereocenters. The Balaban J connectivity index is 0.00000225. The van der Waals surface area contributed by atoms with Crippen LogP contribution in [0.3, 0.4) is 0 Å². The number of hydrogen-bond acceptors (Lipinski definition) is 5. The fraction of sp³-hybridized carbons (Fsp3) is 0.400. The van der Waals surface area contributed by atoms with Gasteiger partial charge in [-0.05, 0) is 31.9 Å². The summed E-state index contributed by atoms with van der Waals surface area (Å²) in [5, 5.41) is 7.23. The van der Waals surface area contributed by atoms with Gasteiger partial charge < -0.3 is 0 Å². The first-order valence-corrected chi connectivity index (χ1v) is 9.13. The van der Waals surface area contributed by atoms with Gasteiger partial charge >= 0.3 is 0 Å². The lowest BCUT2D eigenvalue weighted by Gasteiger charge is -2.30. The lowest BCUT2D eigenvalue weighted by atomic mass is 9.98. The molecule has 10 heteroatoms. The van der Waals surface area contributed by atoms with Crippen molar-refractivity contribution in [2.75, 3.05) is 18.5 Å². The summed E-state index contributed by atoms with van der Waals surface area (Å²) in [5.74, 6) is -0.376. The lowest BCUT2D eigenvalue weighted by molar-refractivity contribution is -0.121. The van der Waals surface area contributed by atoms with E-state index in [9.17, 15) is 13.2 Å². The smallest absolute Gasteiger partial charge is 0.243 e. The van der Waals surface area contributed by atoms with E-state index in [0.717, 1.165) is 5.56 Å². The number of carbonyl (C=O) groups is 1. The average molecular weight is 386 g/mol. The number of piperidine rings is 1. The van der Waals surface area contributed by atoms with Crippen molar-refractivity contribution in [1.29, 1.82) is 0 Å². The summed E-state index contributed by atoms with van der Waals surface area (Å²) < 4.78 is 28.1. The highest BCUT2D eigenvalue weighted by Gasteiger charge is 2.32. The van der Waals surface area contributed by atoms with E-state index in [4.69, 9.17) is 0 Å². The molecule has 2 aromatic rings. The molecule has 1 aliphatic rings. The van der Waals surface area contributed by atoms with Gasteiger partial charge in [0.2, 0.25) is 15.9 Å². The third kappa shape index (κ3) is 4.36. The van der Waals surface area contributed by atoms with Gasteiger partial charge in [-0.15, -0.1) is 22.6 Å². The van der Waals surface area contributed by atoms with Crippen molar-refractivity contribution >= 4 is 28.3 Å². The molecule has 1 aromatic heterocycles. The van der Waals surface area contributed by atoms with Crippen LogP contribution in [0.1, 0.15) is 18.4 Å². The molecule has 0 saturated carbocycles. The molecule has 0 bridgehead atoms. The molecule has 1 aromatic carbocycles. The monoisotopic (exact) mass is 385 g/mol. The Morgan fingerprint density at radius 3 is 2.24 bits per heavy atom. The molecular weight excluding hydrogens is 366 g/mol. The molecule has 3 rings (SSSR count). The Bertz CT molecular complexity index is 800. The molecule has 0 atom stereocenters. The predicted octanol–water partition coefficient (Wildman–Crippen LogP) is 1.18. The molecule has 8 nitrogen and oxygen atoms in total. The first-order valence-electron chi connectivity index (χ1n) is 7.69. The maximum absolute atomic E-state index is 12.6. The molecular formula is C15H20ClN5O3S. The number of hydrogen-bond donors (Lipinski definition) is 1. The van der Waals surface area contributed by atoms with Gasteiger partial charge in [-0.2, -0.15) is 4.31 Å². The zero-order valence-corrected chi connectivity index (χ0v) is 15.3. The first kappa shape index (κ1) is 19.4. The second-order valence-corrected chi connectivity index (χ2v) is 7.77. The Morgan fingerprint density at radius 2 is 1.68 bits per heavy atom. The summed E-state index contributed by atoms with van der Waals surface area (Å²) in [6, 6.07) is 6.81. The van der Waals surface area contributed by atoms with Crippen LogP contribution in [0, 0.1) is 12.8 Å². The molecule has 1 aliphatic heterocycles. The van der Waals surface area contributed by atoms with E-state index in [1.807, 2.05) is 6.92 Å². The van der Waals surface area contributed by atoms with Crippen LogP contribution in [-0.2, 0) is 14.8 Å². The fourth-order valence-electron chi connectivity index (χ4n) is 2.69. The van der Waals surface area contributed by atoms with Gasteiger partial charge in [0.1, 0.15) is 12.7 Å². The first-order chi connectivity index (χ1) is 11.5. The van der Waals surface area contributed by atoms with Crippen LogP contribution in [0.2, 0.25) is 0 Å². The number of amides is 1. The lowest BCUT2D eigenvalue weighted by Crippen LogP contribution is -2.42. The molecule has 2 heterocycles. The predicted molar refractivity (Wildman–Crippen MR) is 94.3 cm³/mol.